The van der Waals surface area contributed by atoms with Crippen molar-refractivity contribution in [1.82, 2.24) is 0 Å². The molecule has 0 aliphatic carbocycles. The number of hydrogen-bond acceptors (Lipinski definition) is 1. The Bertz CT molecular complexity index is 461. The van der Waals surface area contributed by atoms with E-state index in [9.17, 15) is 18.0 Å². The van der Waals surface area contributed by atoms with Crippen LogP contribution in [-0.4, -0.2) is 11.1 Å². The topological polar surface area (TPSA) is 37.3 Å². The fourth-order valence-electron chi connectivity index (χ4n) is 2.29. The number of hydrogen-bond donors (Lipinski definition) is 1. The van der Waals surface area contributed by atoms with Gasteiger partial charge in [0, 0.05) is 0 Å². The third kappa shape index (κ3) is 6.65. The number of alkyl halides is 3. The minimum atomic E-state index is -4.29. The molecular formula is C16H21F3O2. The van der Waals surface area contributed by atoms with E-state index in [2.05, 4.69) is 0 Å². The molecular weight excluding hydrogens is 281 g/mol. The molecule has 0 heterocycles. The molecule has 0 spiro atoms. The second-order valence-electron chi connectivity index (χ2n) is 6.14. The largest absolute Gasteiger partial charge is 0.481 e. The Labute approximate surface area is 123 Å². The summed E-state index contributed by atoms with van der Waals surface area (Å²) in [6.07, 6.45) is -0.955. The lowest BCUT2D eigenvalue weighted by Crippen LogP contribution is -2.16. The lowest BCUT2D eigenvalue weighted by Gasteiger charge is -2.22. The summed E-state index contributed by atoms with van der Waals surface area (Å²) in [5.74, 6) is -0.803. The summed E-state index contributed by atoms with van der Waals surface area (Å²) >= 11 is 0. The van der Waals surface area contributed by atoms with Crippen LogP contribution in [0.1, 0.15) is 50.7 Å². The zero-order valence-electron chi connectivity index (χ0n) is 12.3. The van der Waals surface area contributed by atoms with Crippen LogP contribution in [0.5, 0.6) is 0 Å². The standard InChI is InChI=1S/C16H21F3O2/c1-15(2,11-14(20)21)10-4-3-5-12-6-8-13(9-7-12)16(17,18)19/h6-9H,3-5,10-11H2,1-2H3,(H,20,21). The molecule has 1 aromatic carbocycles. The zero-order chi connectivity index (χ0) is 16.1. The summed E-state index contributed by atoms with van der Waals surface area (Å²) in [6, 6.07) is 5.21. The number of benzene rings is 1. The summed E-state index contributed by atoms with van der Waals surface area (Å²) in [5.41, 5.74) is -0.000663. The molecule has 0 aliphatic rings. The average molecular weight is 302 g/mol. The number of carboxylic acids is 1. The fourth-order valence-corrected chi connectivity index (χ4v) is 2.29. The van der Waals surface area contributed by atoms with E-state index in [0.29, 0.717) is 6.42 Å². The Morgan fingerprint density at radius 2 is 1.67 bits per heavy atom. The molecule has 0 radical (unpaired) electrons. The van der Waals surface area contributed by atoms with Gasteiger partial charge in [0.25, 0.3) is 0 Å². The van der Waals surface area contributed by atoms with Gasteiger partial charge in [-0.1, -0.05) is 32.4 Å². The van der Waals surface area contributed by atoms with Crippen LogP contribution in [-0.2, 0) is 17.4 Å². The molecule has 0 unspecified atom stereocenters. The van der Waals surface area contributed by atoms with Crippen molar-refractivity contribution in [1.29, 1.82) is 0 Å². The summed E-state index contributed by atoms with van der Waals surface area (Å²) in [6.45, 7) is 3.83. The third-order valence-corrected chi connectivity index (χ3v) is 3.48. The van der Waals surface area contributed by atoms with Gasteiger partial charge in [0.15, 0.2) is 0 Å². The lowest BCUT2D eigenvalue weighted by molar-refractivity contribution is -0.139. The van der Waals surface area contributed by atoms with E-state index < -0.39 is 17.7 Å². The number of carbonyl (C=O) groups is 1. The first-order valence-electron chi connectivity index (χ1n) is 6.98. The van der Waals surface area contributed by atoms with Gasteiger partial charge >= 0.3 is 12.1 Å². The van der Waals surface area contributed by atoms with Crippen molar-refractivity contribution in [2.24, 2.45) is 5.41 Å². The Kier molecular flexibility index (Phi) is 5.81. The molecule has 1 N–H and O–H groups in total. The highest BCUT2D eigenvalue weighted by Gasteiger charge is 2.29. The molecule has 5 heteroatoms. The van der Waals surface area contributed by atoms with Crippen LogP contribution in [0.15, 0.2) is 24.3 Å². The summed E-state index contributed by atoms with van der Waals surface area (Å²) in [7, 11) is 0. The number of aliphatic carboxylic acids is 1. The van der Waals surface area contributed by atoms with Crippen LogP contribution in [0.4, 0.5) is 13.2 Å². The highest BCUT2D eigenvalue weighted by Crippen LogP contribution is 2.30. The van der Waals surface area contributed by atoms with Crippen molar-refractivity contribution in [2.75, 3.05) is 0 Å². The summed E-state index contributed by atoms with van der Waals surface area (Å²) in [4.78, 5) is 10.7. The van der Waals surface area contributed by atoms with E-state index in [-0.39, 0.29) is 11.8 Å². The lowest BCUT2D eigenvalue weighted by atomic mass is 9.83. The van der Waals surface area contributed by atoms with Gasteiger partial charge in [-0.15, -0.1) is 0 Å². The monoisotopic (exact) mass is 302 g/mol. The SMILES string of the molecule is CC(C)(CCCCc1ccc(C(F)(F)F)cc1)CC(=O)O. The minimum absolute atomic E-state index is 0.132. The molecule has 0 amide bonds. The molecule has 2 nitrogen and oxygen atoms in total. The van der Waals surface area contributed by atoms with Crippen LogP contribution in [0.2, 0.25) is 0 Å². The van der Waals surface area contributed by atoms with Gasteiger partial charge in [0.2, 0.25) is 0 Å². The number of rotatable bonds is 7. The molecule has 0 saturated carbocycles. The molecule has 1 rings (SSSR count). The number of halogens is 3. The second kappa shape index (κ2) is 6.96. The summed E-state index contributed by atoms with van der Waals surface area (Å²) in [5, 5.41) is 8.78. The molecule has 0 fully saturated rings. The first-order valence-corrected chi connectivity index (χ1v) is 6.98. The maximum atomic E-state index is 12.4. The molecule has 0 bridgehead atoms. The second-order valence-corrected chi connectivity index (χ2v) is 6.14. The Morgan fingerprint density at radius 3 is 2.14 bits per heavy atom. The molecule has 0 saturated heterocycles. The van der Waals surface area contributed by atoms with Crippen molar-refractivity contribution in [3.63, 3.8) is 0 Å². The van der Waals surface area contributed by atoms with Crippen LogP contribution >= 0.6 is 0 Å². The van der Waals surface area contributed by atoms with Crippen molar-refractivity contribution >= 4 is 5.97 Å². The van der Waals surface area contributed by atoms with E-state index in [1.54, 1.807) is 0 Å². The van der Waals surface area contributed by atoms with Crippen LogP contribution < -0.4 is 0 Å². The Balaban J connectivity index is 2.38. The number of aryl methyl sites for hydroxylation is 1. The minimum Gasteiger partial charge on any atom is -0.481 e. The maximum Gasteiger partial charge on any atom is 0.416 e. The Morgan fingerprint density at radius 1 is 1.10 bits per heavy atom. The van der Waals surface area contributed by atoms with Crippen molar-refractivity contribution in [2.45, 2.75) is 52.1 Å². The van der Waals surface area contributed by atoms with Gasteiger partial charge in [-0.2, -0.15) is 13.2 Å². The third-order valence-electron chi connectivity index (χ3n) is 3.48. The van der Waals surface area contributed by atoms with E-state index in [1.807, 2.05) is 13.8 Å². The van der Waals surface area contributed by atoms with Crippen LogP contribution in [0, 0.1) is 5.41 Å². The van der Waals surface area contributed by atoms with Crippen LogP contribution in [0.3, 0.4) is 0 Å². The van der Waals surface area contributed by atoms with Gasteiger partial charge in [-0.05, 0) is 42.4 Å². The molecule has 0 aliphatic heterocycles. The first-order chi connectivity index (χ1) is 9.60. The fraction of sp³-hybridized carbons (Fsp3) is 0.562. The quantitative estimate of drug-likeness (QED) is 0.726. The highest BCUT2D eigenvalue weighted by atomic mass is 19.4. The smallest absolute Gasteiger partial charge is 0.416 e. The Hall–Kier alpha value is -1.52. The maximum absolute atomic E-state index is 12.4. The normalized spacial score (nSPS) is 12.4. The molecule has 0 aromatic heterocycles. The first kappa shape index (κ1) is 17.5. The highest BCUT2D eigenvalue weighted by molar-refractivity contribution is 5.67. The van der Waals surface area contributed by atoms with Gasteiger partial charge in [0.1, 0.15) is 0 Å². The van der Waals surface area contributed by atoms with E-state index >= 15 is 0 Å². The van der Waals surface area contributed by atoms with Crippen molar-refractivity contribution < 1.29 is 23.1 Å². The van der Waals surface area contributed by atoms with Crippen molar-refractivity contribution in [3.05, 3.63) is 35.4 Å². The molecule has 1 aromatic rings. The predicted octanol–water partition coefficient (Wildman–Crippen LogP) is 4.92. The van der Waals surface area contributed by atoms with Gasteiger partial charge in [-0.3, -0.25) is 4.79 Å². The van der Waals surface area contributed by atoms with Gasteiger partial charge < -0.3 is 5.11 Å². The average Bonchev–Trinajstić information content (AvgIpc) is 2.32. The number of carboxylic acid groups (broad SMARTS) is 1. The zero-order valence-corrected chi connectivity index (χ0v) is 12.3. The van der Waals surface area contributed by atoms with Gasteiger partial charge in [0.05, 0.1) is 12.0 Å². The molecule has 118 valence electrons. The van der Waals surface area contributed by atoms with E-state index in [1.165, 1.54) is 12.1 Å². The van der Waals surface area contributed by atoms with E-state index in [4.69, 9.17) is 5.11 Å². The summed E-state index contributed by atoms with van der Waals surface area (Å²) < 4.78 is 37.2. The van der Waals surface area contributed by atoms with Gasteiger partial charge in [-0.25, -0.2) is 0 Å². The molecule has 0 atom stereocenters. The van der Waals surface area contributed by atoms with E-state index in [0.717, 1.165) is 37.0 Å². The number of unbranched alkanes of at least 4 members (excludes halogenated alkanes) is 1. The predicted molar refractivity (Wildman–Crippen MR) is 75.0 cm³/mol. The molecule has 21 heavy (non-hydrogen) atoms. The van der Waals surface area contributed by atoms with Crippen LogP contribution in [0.25, 0.3) is 0 Å². The van der Waals surface area contributed by atoms with Crippen molar-refractivity contribution in [3.8, 4) is 0 Å².